The Labute approximate surface area is 68.2 Å². The quantitative estimate of drug-likeness (QED) is 0.621. The zero-order valence-electron chi connectivity index (χ0n) is 7.48. The molecule has 0 spiro atoms. The van der Waals surface area contributed by atoms with Crippen LogP contribution in [0.4, 0.5) is 0 Å². The van der Waals surface area contributed by atoms with Gasteiger partial charge in [-0.2, -0.15) is 5.26 Å². The predicted molar refractivity (Wildman–Crippen MR) is 43.9 cm³/mol. The van der Waals surface area contributed by atoms with E-state index in [4.69, 9.17) is 5.26 Å². The number of Topliss-reactive ketones (excluding diaryl/α,β-unsaturated/α-hetero) is 1. The summed E-state index contributed by atoms with van der Waals surface area (Å²) in [5.74, 6) is 0.0995. The molecule has 0 aliphatic carbocycles. The first-order valence-electron chi connectivity index (χ1n) is 3.95. The van der Waals surface area contributed by atoms with Crippen molar-refractivity contribution in [2.45, 2.75) is 40.0 Å². The molecule has 0 aromatic heterocycles. The van der Waals surface area contributed by atoms with E-state index in [0.29, 0.717) is 6.42 Å². The molecule has 0 aromatic carbocycles. The van der Waals surface area contributed by atoms with Crippen LogP contribution in [-0.2, 0) is 4.79 Å². The molecule has 0 N–H and O–H groups in total. The van der Waals surface area contributed by atoms with Crippen molar-refractivity contribution in [1.82, 2.24) is 0 Å². The molecule has 0 fully saturated rings. The number of nitriles is 1. The summed E-state index contributed by atoms with van der Waals surface area (Å²) in [6.45, 7) is 5.40. The largest absolute Gasteiger partial charge is 0.300 e. The van der Waals surface area contributed by atoms with Crippen LogP contribution >= 0.6 is 0 Å². The topological polar surface area (TPSA) is 40.9 Å². The predicted octanol–water partition coefficient (Wildman–Crippen LogP) is 2.30. The van der Waals surface area contributed by atoms with Crippen molar-refractivity contribution in [2.75, 3.05) is 0 Å². The molecule has 0 saturated heterocycles. The molecule has 1 atom stereocenters. The van der Waals surface area contributed by atoms with Gasteiger partial charge in [0, 0.05) is 6.42 Å². The van der Waals surface area contributed by atoms with Crippen molar-refractivity contribution in [1.29, 1.82) is 5.26 Å². The summed E-state index contributed by atoms with van der Waals surface area (Å²) >= 11 is 0. The molecule has 2 heteroatoms. The minimum absolute atomic E-state index is 0.0995. The minimum Gasteiger partial charge on any atom is -0.300 e. The van der Waals surface area contributed by atoms with Crippen molar-refractivity contribution in [3.63, 3.8) is 0 Å². The molecular formula is C9H15NO. The van der Waals surface area contributed by atoms with Crippen molar-refractivity contribution >= 4 is 5.78 Å². The van der Waals surface area contributed by atoms with E-state index in [1.165, 1.54) is 6.92 Å². The minimum atomic E-state index is -0.430. The van der Waals surface area contributed by atoms with Gasteiger partial charge in [-0.25, -0.2) is 0 Å². The van der Waals surface area contributed by atoms with Gasteiger partial charge in [-0.05, 0) is 20.3 Å². The number of hydrogen-bond acceptors (Lipinski definition) is 2. The molecule has 0 aliphatic rings. The van der Waals surface area contributed by atoms with E-state index < -0.39 is 5.41 Å². The maximum atomic E-state index is 10.7. The highest BCUT2D eigenvalue weighted by atomic mass is 16.1. The van der Waals surface area contributed by atoms with Crippen LogP contribution < -0.4 is 0 Å². The first-order valence-corrected chi connectivity index (χ1v) is 3.95. The zero-order chi connectivity index (χ0) is 8.91. The third-order valence-electron chi connectivity index (χ3n) is 1.71. The second kappa shape index (κ2) is 4.12. The van der Waals surface area contributed by atoms with Crippen molar-refractivity contribution in [3.05, 3.63) is 0 Å². The van der Waals surface area contributed by atoms with E-state index in [9.17, 15) is 4.79 Å². The molecule has 0 bridgehead atoms. The average molecular weight is 153 g/mol. The maximum Gasteiger partial charge on any atom is 0.131 e. The molecule has 0 saturated carbocycles. The van der Waals surface area contributed by atoms with Gasteiger partial charge in [0.05, 0.1) is 11.5 Å². The number of nitrogens with zero attached hydrogens (tertiary/aromatic N) is 1. The molecule has 0 rings (SSSR count). The number of ketones is 1. The lowest BCUT2D eigenvalue weighted by Gasteiger charge is -2.18. The number of rotatable bonds is 4. The molecule has 0 aliphatic heterocycles. The molecule has 1 unspecified atom stereocenters. The third kappa shape index (κ3) is 3.77. The monoisotopic (exact) mass is 153 g/mol. The fraction of sp³-hybridized carbons (Fsp3) is 0.778. The van der Waals surface area contributed by atoms with Gasteiger partial charge < -0.3 is 0 Å². The van der Waals surface area contributed by atoms with Gasteiger partial charge in [-0.3, -0.25) is 4.79 Å². The number of carbonyl (C=O) groups excluding carboxylic acids is 1. The van der Waals surface area contributed by atoms with Crippen LogP contribution in [0, 0.1) is 16.7 Å². The molecular weight excluding hydrogens is 138 g/mol. The van der Waals surface area contributed by atoms with Crippen LogP contribution in [0.25, 0.3) is 0 Å². The van der Waals surface area contributed by atoms with E-state index in [-0.39, 0.29) is 5.78 Å². The Morgan fingerprint density at radius 3 is 2.45 bits per heavy atom. The zero-order valence-corrected chi connectivity index (χ0v) is 7.48. The van der Waals surface area contributed by atoms with Crippen LogP contribution in [-0.4, -0.2) is 5.78 Å². The van der Waals surface area contributed by atoms with E-state index in [1.807, 2.05) is 13.8 Å². The average Bonchev–Trinajstić information content (AvgIpc) is 1.87. The van der Waals surface area contributed by atoms with E-state index in [0.717, 1.165) is 12.8 Å². The summed E-state index contributed by atoms with van der Waals surface area (Å²) in [6.07, 6.45) is 2.15. The Kier molecular flexibility index (Phi) is 3.81. The number of hydrogen-bond donors (Lipinski definition) is 0. The van der Waals surface area contributed by atoms with Gasteiger partial charge in [0.1, 0.15) is 5.78 Å². The summed E-state index contributed by atoms with van der Waals surface area (Å²) < 4.78 is 0. The van der Waals surface area contributed by atoms with E-state index in [1.54, 1.807) is 0 Å². The first kappa shape index (κ1) is 10.2. The smallest absolute Gasteiger partial charge is 0.131 e. The lowest BCUT2D eigenvalue weighted by Crippen LogP contribution is -2.16. The summed E-state index contributed by atoms with van der Waals surface area (Å²) in [5.41, 5.74) is -0.430. The van der Waals surface area contributed by atoms with Crippen molar-refractivity contribution in [3.8, 4) is 6.07 Å². The molecule has 62 valence electrons. The standard InChI is InChI=1S/C9H15NO/c1-4-5-9(3,7-10)6-8(2)11/h4-6H2,1-3H3. The van der Waals surface area contributed by atoms with Gasteiger partial charge in [-0.15, -0.1) is 0 Å². The first-order chi connectivity index (χ1) is 5.04. The third-order valence-corrected chi connectivity index (χ3v) is 1.71. The van der Waals surface area contributed by atoms with Crippen LogP contribution in [0.3, 0.4) is 0 Å². The molecule has 0 heterocycles. The Morgan fingerprint density at radius 2 is 2.18 bits per heavy atom. The summed E-state index contributed by atoms with van der Waals surface area (Å²) in [6, 6.07) is 2.19. The van der Waals surface area contributed by atoms with Crippen LogP contribution in [0.1, 0.15) is 40.0 Å². The highest BCUT2D eigenvalue weighted by Crippen LogP contribution is 2.26. The lowest BCUT2D eigenvalue weighted by molar-refractivity contribution is -0.118. The summed E-state index contributed by atoms with van der Waals surface area (Å²) in [4.78, 5) is 10.7. The Morgan fingerprint density at radius 1 is 1.64 bits per heavy atom. The lowest BCUT2D eigenvalue weighted by atomic mass is 9.83. The second-order valence-electron chi connectivity index (χ2n) is 3.30. The van der Waals surface area contributed by atoms with Crippen LogP contribution in [0.5, 0.6) is 0 Å². The van der Waals surface area contributed by atoms with E-state index in [2.05, 4.69) is 6.07 Å². The normalized spacial score (nSPS) is 15.1. The molecule has 0 radical (unpaired) electrons. The van der Waals surface area contributed by atoms with Gasteiger partial charge >= 0.3 is 0 Å². The van der Waals surface area contributed by atoms with E-state index >= 15 is 0 Å². The Bertz CT molecular complexity index is 180. The molecule has 0 aromatic rings. The fourth-order valence-electron chi connectivity index (χ4n) is 1.29. The SMILES string of the molecule is CCCC(C)(C#N)CC(C)=O. The number of carbonyl (C=O) groups is 1. The highest BCUT2D eigenvalue weighted by Gasteiger charge is 2.24. The highest BCUT2D eigenvalue weighted by molar-refractivity contribution is 5.76. The fourth-order valence-corrected chi connectivity index (χ4v) is 1.29. The van der Waals surface area contributed by atoms with Crippen LogP contribution in [0.2, 0.25) is 0 Å². The van der Waals surface area contributed by atoms with Gasteiger partial charge in [0.2, 0.25) is 0 Å². The van der Waals surface area contributed by atoms with Gasteiger partial charge in [0.25, 0.3) is 0 Å². The molecule has 2 nitrogen and oxygen atoms in total. The Balaban J connectivity index is 4.13. The molecule has 0 amide bonds. The summed E-state index contributed by atoms with van der Waals surface area (Å²) in [5, 5.41) is 8.76. The van der Waals surface area contributed by atoms with Gasteiger partial charge in [0.15, 0.2) is 0 Å². The second-order valence-corrected chi connectivity index (χ2v) is 3.30. The summed E-state index contributed by atoms with van der Waals surface area (Å²) in [7, 11) is 0. The van der Waals surface area contributed by atoms with Crippen LogP contribution in [0.15, 0.2) is 0 Å². The van der Waals surface area contributed by atoms with Crippen molar-refractivity contribution < 1.29 is 4.79 Å². The Hall–Kier alpha value is -0.840. The molecule has 11 heavy (non-hydrogen) atoms. The van der Waals surface area contributed by atoms with Crippen molar-refractivity contribution in [2.24, 2.45) is 5.41 Å². The maximum absolute atomic E-state index is 10.7. The van der Waals surface area contributed by atoms with Gasteiger partial charge in [-0.1, -0.05) is 13.3 Å².